The molecule has 130 valence electrons. The van der Waals surface area contributed by atoms with E-state index in [0.717, 1.165) is 11.1 Å². The molecule has 0 aliphatic rings. The van der Waals surface area contributed by atoms with Crippen molar-refractivity contribution in [2.75, 3.05) is 7.05 Å². The summed E-state index contributed by atoms with van der Waals surface area (Å²) in [7, 11) is 1.41. The molecule has 0 spiro atoms. The second-order valence-corrected chi connectivity index (χ2v) is 6.21. The smallest absolute Gasteiger partial charge is 0.417 e. The fourth-order valence-electron chi connectivity index (χ4n) is 2.56. The molecule has 2 heterocycles. The third kappa shape index (κ3) is 3.53. The standard InChI is InChI=1S/C17H12BrF3N2O2/c1-23(9-10-6-7-14(18)25-10)16(24)12-8-22-13-5-3-2-4-11(13)15(12)17(19,20)21/h2-8H,9H2,1H3. The van der Waals surface area contributed by atoms with E-state index in [1.165, 1.54) is 25.2 Å². The zero-order chi connectivity index (χ0) is 18.2. The second kappa shape index (κ2) is 6.51. The fraction of sp³-hybridized carbons (Fsp3) is 0.176. The fourth-order valence-corrected chi connectivity index (χ4v) is 2.90. The van der Waals surface area contributed by atoms with Gasteiger partial charge in [-0.15, -0.1) is 0 Å². The molecule has 0 N–H and O–H groups in total. The molecule has 2 aromatic heterocycles. The number of aromatic nitrogens is 1. The maximum Gasteiger partial charge on any atom is 0.417 e. The van der Waals surface area contributed by atoms with E-state index in [2.05, 4.69) is 20.9 Å². The Morgan fingerprint density at radius 2 is 1.96 bits per heavy atom. The number of hydrogen-bond acceptors (Lipinski definition) is 3. The van der Waals surface area contributed by atoms with Gasteiger partial charge in [-0.25, -0.2) is 0 Å². The Morgan fingerprint density at radius 1 is 1.24 bits per heavy atom. The van der Waals surface area contributed by atoms with Crippen molar-refractivity contribution < 1.29 is 22.4 Å². The number of alkyl halides is 3. The summed E-state index contributed by atoms with van der Waals surface area (Å²) in [5, 5.41) is -0.102. The number of halogens is 4. The highest BCUT2D eigenvalue weighted by atomic mass is 79.9. The summed E-state index contributed by atoms with van der Waals surface area (Å²) in [6, 6.07) is 9.15. The van der Waals surface area contributed by atoms with Crippen molar-refractivity contribution in [3.05, 3.63) is 64.2 Å². The van der Waals surface area contributed by atoms with Gasteiger partial charge in [0, 0.05) is 18.6 Å². The number of nitrogens with zero attached hydrogens (tertiary/aromatic N) is 2. The molecule has 0 saturated carbocycles. The van der Waals surface area contributed by atoms with Crippen LogP contribution in [0.5, 0.6) is 0 Å². The van der Waals surface area contributed by atoms with E-state index >= 15 is 0 Å². The van der Waals surface area contributed by atoms with Crippen molar-refractivity contribution in [1.29, 1.82) is 0 Å². The average molecular weight is 413 g/mol. The third-order valence-electron chi connectivity index (χ3n) is 3.66. The number of carbonyl (C=O) groups excluding carboxylic acids is 1. The number of para-hydroxylation sites is 1. The van der Waals surface area contributed by atoms with Gasteiger partial charge in [-0.1, -0.05) is 18.2 Å². The van der Waals surface area contributed by atoms with Crippen molar-refractivity contribution >= 4 is 32.7 Å². The number of hydrogen-bond donors (Lipinski definition) is 0. The molecular formula is C17H12BrF3N2O2. The molecule has 25 heavy (non-hydrogen) atoms. The van der Waals surface area contributed by atoms with Crippen LogP contribution in [0.3, 0.4) is 0 Å². The number of furan rings is 1. The zero-order valence-electron chi connectivity index (χ0n) is 13.0. The Labute approximate surface area is 149 Å². The van der Waals surface area contributed by atoms with Gasteiger partial charge in [0.1, 0.15) is 5.76 Å². The van der Waals surface area contributed by atoms with Gasteiger partial charge in [-0.2, -0.15) is 13.2 Å². The van der Waals surface area contributed by atoms with E-state index < -0.39 is 23.2 Å². The minimum atomic E-state index is -4.68. The minimum Gasteiger partial charge on any atom is -0.452 e. The van der Waals surface area contributed by atoms with Gasteiger partial charge in [0.25, 0.3) is 5.91 Å². The Morgan fingerprint density at radius 3 is 2.60 bits per heavy atom. The molecule has 3 aromatic rings. The summed E-state index contributed by atoms with van der Waals surface area (Å²) in [5.74, 6) is -0.330. The largest absolute Gasteiger partial charge is 0.452 e. The van der Waals surface area contributed by atoms with Crippen LogP contribution in [0.15, 0.2) is 51.7 Å². The van der Waals surface area contributed by atoms with Crippen LogP contribution in [0.2, 0.25) is 0 Å². The first-order chi connectivity index (χ1) is 11.8. The van der Waals surface area contributed by atoms with Crippen LogP contribution < -0.4 is 0 Å². The van der Waals surface area contributed by atoms with E-state index in [-0.39, 0.29) is 17.4 Å². The number of amides is 1. The predicted molar refractivity (Wildman–Crippen MR) is 89.0 cm³/mol. The van der Waals surface area contributed by atoms with Crippen LogP contribution in [-0.2, 0) is 12.7 Å². The van der Waals surface area contributed by atoms with E-state index in [9.17, 15) is 18.0 Å². The number of carbonyl (C=O) groups is 1. The maximum absolute atomic E-state index is 13.6. The second-order valence-electron chi connectivity index (χ2n) is 5.43. The predicted octanol–water partition coefficient (Wildman–Crippen LogP) is 4.88. The molecule has 8 heteroatoms. The van der Waals surface area contributed by atoms with Crippen LogP contribution in [0.25, 0.3) is 10.9 Å². The zero-order valence-corrected chi connectivity index (χ0v) is 14.6. The molecule has 0 bridgehead atoms. The monoisotopic (exact) mass is 412 g/mol. The van der Waals surface area contributed by atoms with Gasteiger partial charge in [-0.05, 0) is 34.1 Å². The van der Waals surface area contributed by atoms with Crippen molar-refractivity contribution in [2.45, 2.75) is 12.7 Å². The van der Waals surface area contributed by atoms with E-state index in [1.54, 1.807) is 18.2 Å². The highest BCUT2D eigenvalue weighted by Crippen LogP contribution is 2.37. The molecular weight excluding hydrogens is 401 g/mol. The minimum absolute atomic E-state index is 0.0363. The van der Waals surface area contributed by atoms with Gasteiger partial charge in [-0.3, -0.25) is 9.78 Å². The summed E-state index contributed by atoms with van der Waals surface area (Å²) in [5.41, 5.74) is -1.28. The summed E-state index contributed by atoms with van der Waals surface area (Å²) in [6.45, 7) is 0.0363. The molecule has 0 saturated heterocycles. The maximum atomic E-state index is 13.6. The molecule has 0 unspecified atom stereocenters. The number of fused-ring (bicyclic) bond motifs is 1. The van der Waals surface area contributed by atoms with Crippen LogP contribution >= 0.6 is 15.9 Å². The number of rotatable bonds is 3. The highest BCUT2D eigenvalue weighted by Gasteiger charge is 2.38. The van der Waals surface area contributed by atoms with Crippen molar-refractivity contribution in [3.8, 4) is 0 Å². The summed E-state index contributed by atoms with van der Waals surface area (Å²) >= 11 is 3.14. The molecule has 0 aliphatic heterocycles. The van der Waals surface area contributed by atoms with Gasteiger partial charge in [0.2, 0.25) is 0 Å². The Hall–Kier alpha value is -2.35. The molecule has 0 fully saturated rings. The van der Waals surface area contributed by atoms with Crippen LogP contribution in [0.1, 0.15) is 21.7 Å². The number of pyridine rings is 1. The third-order valence-corrected chi connectivity index (χ3v) is 4.08. The molecule has 0 radical (unpaired) electrons. The first kappa shape index (κ1) is 17.5. The van der Waals surface area contributed by atoms with Gasteiger partial charge in [0.05, 0.1) is 23.2 Å². The SMILES string of the molecule is CN(Cc1ccc(Br)o1)C(=O)c1cnc2ccccc2c1C(F)(F)F. The first-order valence-electron chi connectivity index (χ1n) is 7.22. The number of benzene rings is 1. The van der Waals surface area contributed by atoms with Gasteiger partial charge in [0.15, 0.2) is 4.67 Å². The molecule has 0 aliphatic carbocycles. The molecule has 3 rings (SSSR count). The lowest BCUT2D eigenvalue weighted by Crippen LogP contribution is -2.28. The van der Waals surface area contributed by atoms with Crippen LogP contribution in [0.4, 0.5) is 13.2 Å². The van der Waals surface area contributed by atoms with Crippen molar-refractivity contribution in [3.63, 3.8) is 0 Å². The van der Waals surface area contributed by atoms with Crippen molar-refractivity contribution in [1.82, 2.24) is 9.88 Å². The Balaban J connectivity index is 2.03. The summed E-state index contributed by atoms with van der Waals surface area (Å²) in [4.78, 5) is 17.8. The van der Waals surface area contributed by atoms with Gasteiger partial charge >= 0.3 is 6.18 Å². The molecule has 1 amide bonds. The highest BCUT2D eigenvalue weighted by molar-refractivity contribution is 9.10. The van der Waals surface area contributed by atoms with Crippen LogP contribution in [-0.4, -0.2) is 22.8 Å². The van der Waals surface area contributed by atoms with E-state index in [4.69, 9.17) is 4.42 Å². The van der Waals surface area contributed by atoms with E-state index in [0.29, 0.717) is 10.4 Å². The molecule has 4 nitrogen and oxygen atoms in total. The molecule has 0 atom stereocenters. The Bertz CT molecular complexity index is 937. The lowest BCUT2D eigenvalue weighted by molar-refractivity contribution is -0.136. The van der Waals surface area contributed by atoms with Crippen LogP contribution in [0, 0.1) is 0 Å². The van der Waals surface area contributed by atoms with Gasteiger partial charge < -0.3 is 9.32 Å². The summed E-state index contributed by atoms with van der Waals surface area (Å²) < 4.78 is 46.6. The lowest BCUT2D eigenvalue weighted by atomic mass is 10.0. The lowest BCUT2D eigenvalue weighted by Gasteiger charge is -2.20. The van der Waals surface area contributed by atoms with E-state index in [1.807, 2.05) is 0 Å². The normalized spacial score (nSPS) is 11.7. The first-order valence-corrected chi connectivity index (χ1v) is 8.01. The topological polar surface area (TPSA) is 46.3 Å². The summed E-state index contributed by atoms with van der Waals surface area (Å²) in [6.07, 6.45) is -3.70. The quantitative estimate of drug-likeness (QED) is 0.615. The average Bonchev–Trinajstić information content (AvgIpc) is 2.97. The van der Waals surface area contributed by atoms with Crippen molar-refractivity contribution in [2.24, 2.45) is 0 Å². The Kier molecular flexibility index (Phi) is 4.55. The molecule has 1 aromatic carbocycles.